The van der Waals surface area contributed by atoms with Gasteiger partial charge in [0.1, 0.15) is 12.4 Å². The van der Waals surface area contributed by atoms with E-state index in [2.05, 4.69) is 0 Å². The topological polar surface area (TPSA) is 106 Å². The second kappa shape index (κ2) is 10.5. The second-order valence-corrected chi connectivity index (χ2v) is 8.75. The van der Waals surface area contributed by atoms with E-state index >= 15 is 0 Å². The molecular weight excluding hydrogens is 470 g/mol. The summed E-state index contributed by atoms with van der Waals surface area (Å²) in [5.41, 5.74) is 2.62. The van der Waals surface area contributed by atoms with Gasteiger partial charge in [0.2, 0.25) is 5.76 Å². The zero-order chi connectivity index (χ0) is 24.9. The highest BCUT2D eigenvalue weighted by Gasteiger charge is 2.35. The maximum Gasteiger partial charge on any atom is 0.371 e. The summed E-state index contributed by atoms with van der Waals surface area (Å²) in [5.74, 6) is -0.419. The third kappa shape index (κ3) is 5.75. The molecule has 2 heterocycles. The van der Waals surface area contributed by atoms with Crippen molar-refractivity contribution < 1.29 is 33.4 Å². The number of nitrogens with zero attached hydrogens (tertiary/aromatic N) is 1. The molecule has 0 bridgehead atoms. The van der Waals surface area contributed by atoms with Gasteiger partial charge < -0.3 is 19.0 Å². The fraction of sp³-hybridized carbons (Fsp3) is 0.192. The normalized spacial score (nSPS) is 14.6. The summed E-state index contributed by atoms with van der Waals surface area (Å²) in [6.07, 6.45) is 1.65. The van der Waals surface area contributed by atoms with Crippen molar-refractivity contribution >= 4 is 35.0 Å². The molecule has 1 aromatic heterocycles. The number of furan rings is 1. The Bertz CT molecular complexity index is 1310. The van der Waals surface area contributed by atoms with Gasteiger partial charge in [0.25, 0.3) is 11.1 Å². The number of imide groups is 1. The van der Waals surface area contributed by atoms with Crippen LogP contribution in [0.3, 0.4) is 0 Å². The quantitative estimate of drug-likeness (QED) is 0.390. The lowest BCUT2D eigenvalue weighted by Crippen LogP contribution is -2.27. The summed E-state index contributed by atoms with van der Waals surface area (Å²) in [5, 5.41) is 8.66. The molecule has 9 heteroatoms. The van der Waals surface area contributed by atoms with Crippen molar-refractivity contribution in [3.05, 3.63) is 87.7 Å². The van der Waals surface area contributed by atoms with Crippen LogP contribution in [0, 0.1) is 6.92 Å². The lowest BCUT2D eigenvalue weighted by Gasteiger charge is -2.13. The molecule has 0 unspecified atom stereocenters. The van der Waals surface area contributed by atoms with Crippen molar-refractivity contribution in [3.8, 4) is 11.5 Å². The summed E-state index contributed by atoms with van der Waals surface area (Å²) >= 11 is 0.902. The summed E-state index contributed by atoms with van der Waals surface area (Å²) in [6.45, 7) is 4.42. The van der Waals surface area contributed by atoms with Crippen molar-refractivity contribution in [1.29, 1.82) is 0 Å². The van der Waals surface area contributed by atoms with Gasteiger partial charge in [0.05, 0.1) is 18.1 Å². The Kier molecular flexibility index (Phi) is 7.26. The van der Waals surface area contributed by atoms with E-state index < -0.39 is 5.97 Å². The minimum Gasteiger partial charge on any atom is -0.490 e. The first-order valence-corrected chi connectivity index (χ1v) is 11.7. The summed E-state index contributed by atoms with van der Waals surface area (Å²) in [4.78, 5) is 37.9. The Hall–Kier alpha value is -3.98. The van der Waals surface area contributed by atoms with Crippen molar-refractivity contribution in [2.45, 2.75) is 27.0 Å². The molecule has 1 saturated heterocycles. The predicted molar refractivity (Wildman–Crippen MR) is 130 cm³/mol. The van der Waals surface area contributed by atoms with Gasteiger partial charge in [-0.25, -0.2) is 4.79 Å². The number of rotatable bonds is 9. The van der Waals surface area contributed by atoms with Crippen molar-refractivity contribution in [1.82, 2.24) is 4.90 Å². The Balaban J connectivity index is 1.49. The van der Waals surface area contributed by atoms with Crippen molar-refractivity contribution in [2.75, 3.05) is 6.61 Å². The number of benzene rings is 2. The number of aryl methyl sites for hydroxylation is 1. The number of thioether (sulfide) groups is 1. The van der Waals surface area contributed by atoms with Crippen LogP contribution in [0.4, 0.5) is 4.79 Å². The first-order chi connectivity index (χ1) is 16.8. The molecule has 0 radical (unpaired) electrons. The number of carboxylic acids is 1. The minimum atomic E-state index is -1.15. The molecule has 8 nitrogen and oxygen atoms in total. The molecule has 0 atom stereocenters. The van der Waals surface area contributed by atoms with Gasteiger partial charge in [-0.15, -0.1) is 0 Å². The number of aromatic carboxylic acids is 1. The van der Waals surface area contributed by atoms with E-state index in [1.165, 1.54) is 17.0 Å². The highest BCUT2D eigenvalue weighted by Crippen LogP contribution is 2.35. The van der Waals surface area contributed by atoms with E-state index in [4.69, 9.17) is 19.0 Å². The number of ether oxygens (including phenoxy) is 2. The second-order valence-electron chi connectivity index (χ2n) is 7.76. The van der Waals surface area contributed by atoms with Gasteiger partial charge in [0, 0.05) is 0 Å². The Labute approximate surface area is 206 Å². The first-order valence-electron chi connectivity index (χ1n) is 10.9. The third-order valence-corrected chi connectivity index (χ3v) is 6.01. The van der Waals surface area contributed by atoms with E-state index in [-0.39, 0.29) is 30.1 Å². The first kappa shape index (κ1) is 24.2. The molecule has 3 aromatic rings. The molecule has 2 aromatic carbocycles. The van der Waals surface area contributed by atoms with Crippen LogP contribution in [0.25, 0.3) is 6.08 Å². The number of carboxylic acid groups (broad SMARTS) is 1. The molecule has 35 heavy (non-hydrogen) atoms. The lowest BCUT2D eigenvalue weighted by molar-refractivity contribution is -0.123. The SMILES string of the molecule is CCOc1cc(C=C2SC(=O)N(Cc3cccc(C)c3)C2=O)ccc1OCc1ccc(C(=O)O)o1. The maximum atomic E-state index is 12.9. The van der Waals surface area contributed by atoms with Crippen LogP contribution < -0.4 is 9.47 Å². The van der Waals surface area contributed by atoms with Gasteiger partial charge in [-0.05, 0) is 67.1 Å². The van der Waals surface area contributed by atoms with Crippen LogP contribution in [0.5, 0.6) is 11.5 Å². The highest BCUT2D eigenvalue weighted by molar-refractivity contribution is 8.18. The van der Waals surface area contributed by atoms with Crippen LogP contribution in [0.2, 0.25) is 0 Å². The fourth-order valence-corrected chi connectivity index (χ4v) is 4.34. The molecule has 1 fully saturated rings. The number of carbonyl (C=O) groups is 3. The number of carbonyl (C=O) groups excluding carboxylic acids is 2. The average Bonchev–Trinajstić information content (AvgIpc) is 3.40. The number of hydrogen-bond acceptors (Lipinski definition) is 7. The summed E-state index contributed by atoms with van der Waals surface area (Å²) in [7, 11) is 0. The highest BCUT2D eigenvalue weighted by atomic mass is 32.2. The molecule has 0 spiro atoms. The Morgan fingerprint density at radius 3 is 2.63 bits per heavy atom. The molecule has 0 aliphatic carbocycles. The van der Waals surface area contributed by atoms with E-state index in [1.807, 2.05) is 38.1 Å². The smallest absolute Gasteiger partial charge is 0.371 e. The third-order valence-electron chi connectivity index (χ3n) is 5.10. The lowest BCUT2D eigenvalue weighted by atomic mass is 10.1. The zero-order valence-corrected chi connectivity index (χ0v) is 20.0. The van der Waals surface area contributed by atoms with Crippen LogP contribution in [0.1, 0.15) is 39.9 Å². The average molecular weight is 494 g/mol. The number of hydrogen-bond donors (Lipinski definition) is 1. The van der Waals surface area contributed by atoms with Crippen molar-refractivity contribution in [3.63, 3.8) is 0 Å². The van der Waals surface area contributed by atoms with Gasteiger partial charge in [-0.2, -0.15) is 0 Å². The largest absolute Gasteiger partial charge is 0.490 e. The van der Waals surface area contributed by atoms with Crippen LogP contribution >= 0.6 is 11.8 Å². The van der Waals surface area contributed by atoms with Gasteiger partial charge in [-0.3, -0.25) is 14.5 Å². The van der Waals surface area contributed by atoms with Gasteiger partial charge in [-0.1, -0.05) is 35.9 Å². The molecule has 2 amide bonds. The monoisotopic (exact) mass is 493 g/mol. The van der Waals surface area contributed by atoms with Crippen LogP contribution in [-0.4, -0.2) is 33.7 Å². The number of amides is 2. The van der Waals surface area contributed by atoms with Gasteiger partial charge >= 0.3 is 5.97 Å². The molecule has 180 valence electrons. The van der Waals surface area contributed by atoms with Crippen LogP contribution in [0.15, 0.2) is 63.9 Å². The summed E-state index contributed by atoms with van der Waals surface area (Å²) in [6, 6.07) is 15.7. The predicted octanol–water partition coefficient (Wildman–Crippen LogP) is 5.50. The minimum absolute atomic E-state index is 0.0184. The van der Waals surface area contributed by atoms with E-state index in [0.717, 1.165) is 22.9 Å². The molecule has 1 aliphatic rings. The summed E-state index contributed by atoms with van der Waals surface area (Å²) < 4.78 is 16.7. The van der Waals surface area contributed by atoms with E-state index in [0.29, 0.717) is 34.3 Å². The Morgan fingerprint density at radius 1 is 1.09 bits per heavy atom. The molecule has 4 rings (SSSR count). The van der Waals surface area contributed by atoms with E-state index in [9.17, 15) is 14.4 Å². The molecule has 1 aliphatic heterocycles. The van der Waals surface area contributed by atoms with Gasteiger partial charge in [0.15, 0.2) is 11.5 Å². The van der Waals surface area contributed by atoms with E-state index in [1.54, 1.807) is 24.3 Å². The Morgan fingerprint density at radius 2 is 1.91 bits per heavy atom. The fourth-order valence-electron chi connectivity index (χ4n) is 3.50. The zero-order valence-electron chi connectivity index (χ0n) is 19.1. The molecular formula is C26H23NO7S. The van der Waals surface area contributed by atoms with Crippen molar-refractivity contribution in [2.24, 2.45) is 0 Å². The van der Waals surface area contributed by atoms with Crippen LogP contribution in [-0.2, 0) is 17.9 Å². The standard InChI is InChI=1S/C26H23NO7S/c1-3-32-22-12-17(7-9-20(22)33-15-19-8-10-21(34-19)25(29)30)13-23-24(28)27(26(31)35-23)14-18-6-4-5-16(2)11-18/h4-13H,3,14-15H2,1-2H3,(H,29,30). The maximum absolute atomic E-state index is 12.9. The molecule has 0 saturated carbocycles. The molecule has 1 N–H and O–H groups in total.